The van der Waals surface area contributed by atoms with E-state index in [4.69, 9.17) is 4.42 Å². The molecule has 1 amide bonds. The Morgan fingerprint density at radius 3 is 2.75 bits per heavy atom. The smallest absolute Gasteiger partial charge is 0.222 e. The molecular formula is C19H19N3O2. The Kier molecular flexibility index (Phi) is 3.91. The van der Waals surface area contributed by atoms with E-state index in [0.717, 1.165) is 29.8 Å². The summed E-state index contributed by atoms with van der Waals surface area (Å²) in [6.07, 6.45) is 5.08. The van der Waals surface area contributed by atoms with Gasteiger partial charge in [0, 0.05) is 32.3 Å². The van der Waals surface area contributed by atoms with Gasteiger partial charge in [-0.1, -0.05) is 24.3 Å². The first-order valence-electron chi connectivity index (χ1n) is 8.21. The number of nitrogens with zero attached hydrogens (tertiary/aromatic N) is 2. The third-order valence-corrected chi connectivity index (χ3v) is 4.41. The van der Waals surface area contributed by atoms with E-state index in [-0.39, 0.29) is 5.91 Å². The number of likely N-dealkylation sites (tertiary alicyclic amines) is 1. The number of fused-ring (bicyclic) bond motifs is 1. The van der Waals surface area contributed by atoms with Crippen LogP contribution in [0.3, 0.4) is 0 Å². The van der Waals surface area contributed by atoms with Crippen molar-refractivity contribution in [3.05, 3.63) is 60.0 Å². The van der Waals surface area contributed by atoms with E-state index in [1.54, 1.807) is 12.5 Å². The Bertz CT molecular complexity index is 854. The molecule has 0 aliphatic carbocycles. The molecule has 1 saturated heterocycles. The first-order chi connectivity index (χ1) is 11.8. The van der Waals surface area contributed by atoms with E-state index >= 15 is 0 Å². The zero-order valence-corrected chi connectivity index (χ0v) is 13.4. The van der Waals surface area contributed by atoms with E-state index in [1.165, 1.54) is 11.1 Å². The predicted octanol–water partition coefficient (Wildman–Crippen LogP) is 3.56. The SMILES string of the molecule is O=C1CCCN1Cc1ccc(CNc2nccc3occc23)cc1. The van der Waals surface area contributed by atoms with Gasteiger partial charge in [-0.05, 0) is 29.7 Å². The van der Waals surface area contributed by atoms with Gasteiger partial charge in [0.1, 0.15) is 11.4 Å². The summed E-state index contributed by atoms with van der Waals surface area (Å²) >= 11 is 0. The standard InChI is InChI=1S/C19H19N3O2/c23-18-2-1-10-22(18)13-15-5-3-14(4-6-15)12-21-19-16-8-11-24-17(16)7-9-20-19/h3-9,11H,1-2,10,12-13H2,(H,20,21). The van der Waals surface area contributed by atoms with Gasteiger partial charge >= 0.3 is 0 Å². The summed E-state index contributed by atoms with van der Waals surface area (Å²) in [4.78, 5) is 18.0. The second kappa shape index (κ2) is 6.35. The molecule has 0 atom stereocenters. The lowest BCUT2D eigenvalue weighted by molar-refractivity contribution is -0.128. The lowest BCUT2D eigenvalue weighted by atomic mass is 10.1. The van der Waals surface area contributed by atoms with Crippen LogP contribution in [0.25, 0.3) is 11.0 Å². The Balaban J connectivity index is 1.40. The van der Waals surface area contributed by atoms with Gasteiger partial charge in [0.2, 0.25) is 5.91 Å². The van der Waals surface area contributed by atoms with E-state index in [0.29, 0.717) is 19.5 Å². The molecule has 1 aliphatic heterocycles. The maximum atomic E-state index is 11.7. The van der Waals surface area contributed by atoms with Gasteiger partial charge in [-0.2, -0.15) is 0 Å². The minimum absolute atomic E-state index is 0.264. The third kappa shape index (κ3) is 2.97. The number of pyridine rings is 1. The molecule has 1 aliphatic rings. The van der Waals surface area contributed by atoms with Gasteiger partial charge < -0.3 is 14.6 Å². The van der Waals surface area contributed by atoms with Crippen molar-refractivity contribution in [3.8, 4) is 0 Å². The number of amides is 1. The summed E-state index contributed by atoms with van der Waals surface area (Å²) in [5.74, 6) is 1.09. The molecule has 24 heavy (non-hydrogen) atoms. The van der Waals surface area contributed by atoms with Crippen molar-refractivity contribution < 1.29 is 9.21 Å². The van der Waals surface area contributed by atoms with Crippen molar-refractivity contribution in [1.29, 1.82) is 0 Å². The highest BCUT2D eigenvalue weighted by molar-refractivity contribution is 5.87. The Morgan fingerprint density at radius 1 is 1.12 bits per heavy atom. The van der Waals surface area contributed by atoms with Crippen LogP contribution >= 0.6 is 0 Å². The first kappa shape index (κ1) is 14.8. The number of anilines is 1. The lowest BCUT2D eigenvalue weighted by Crippen LogP contribution is -2.23. The van der Waals surface area contributed by atoms with Crippen LogP contribution in [0, 0.1) is 0 Å². The van der Waals surface area contributed by atoms with Gasteiger partial charge in [0.05, 0.1) is 11.6 Å². The van der Waals surface area contributed by atoms with Gasteiger partial charge in [0.25, 0.3) is 0 Å². The summed E-state index contributed by atoms with van der Waals surface area (Å²) in [5, 5.41) is 4.34. The molecule has 0 bridgehead atoms. The Hall–Kier alpha value is -2.82. The molecular weight excluding hydrogens is 302 g/mol. The normalized spacial score (nSPS) is 14.5. The molecule has 0 saturated carbocycles. The Morgan fingerprint density at radius 2 is 1.96 bits per heavy atom. The highest BCUT2D eigenvalue weighted by Gasteiger charge is 2.19. The van der Waals surface area contributed by atoms with Crippen LogP contribution in [0.5, 0.6) is 0 Å². The molecule has 1 fully saturated rings. The van der Waals surface area contributed by atoms with Gasteiger partial charge in [0.15, 0.2) is 0 Å². The van der Waals surface area contributed by atoms with E-state index in [9.17, 15) is 4.79 Å². The quantitative estimate of drug-likeness (QED) is 0.780. The molecule has 2 aromatic heterocycles. The van der Waals surface area contributed by atoms with E-state index in [2.05, 4.69) is 34.6 Å². The number of hydrogen-bond acceptors (Lipinski definition) is 4. The maximum absolute atomic E-state index is 11.7. The van der Waals surface area contributed by atoms with Crippen molar-refractivity contribution >= 4 is 22.7 Å². The number of furan rings is 1. The number of nitrogens with one attached hydrogen (secondary N) is 1. The topological polar surface area (TPSA) is 58.4 Å². The number of benzene rings is 1. The van der Waals surface area contributed by atoms with Crippen molar-refractivity contribution in [2.75, 3.05) is 11.9 Å². The largest absolute Gasteiger partial charge is 0.464 e. The van der Waals surface area contributed by atoms with E-state index in [1.807, 2.05) is 17.0 Å². The number of rotatable bonds is 5. The fraction of sp³-hybridized carbons (Fsp3) is 0.263. The van der Waals surface area contributed by atoms with Gasteiger partial charge in [-0.25, -0.2) is 4.98 Å². The summed E-state index contributed by atoms with van der Waals surface area (Å²) in [7, 11) is 0. The molecule has 1 aromatic carbocycles. The van der Waals surface area contributed by atoms with Crippen molar-refractivity contribution in [2.24, 2.45) is 0 Å². The maximum Gasteiger partial charge on any atom is 0.222 e. The summed E-state index contributed by atoms with van der Waals surface area (Å²) in [6.45, 7) is 2.28. The van der Waals surface area contributed by atoms with Crippen LogP contribution < -0.4 is 5.32 Å². The monoisotopic (exact) mass is 321 g/mol. The highest BCUT2D eigenvalue weighted by atomic mass is 16.3. The van der Waals surface area contributed by atoms with Crippen LogP contribution in [0.4, 0.5) is 5.82 Å². The van der Waals surface area contributed by atoms with Crippen LogP contribution in [-0.4, -0.2) is 22.3 Å². The molecule has 3 heterocycles. The van der Waals surface area contributed by atoms with Crippen LogP contribution in [0.15, 0.2) is 53.3 Å². The van der Waals surface area contributed by atoms with Crippen LogP contribution in [-0.2, 0) is 17.9 Å². The molecule has 0 unspecified atom stereocenters. The van der Waals surface area contributed by atoms with E-state index < -0.39 is 0 Å². The average molecular weight is 321 g/mol. The lowest BCUT2D eigenvalue weighted by Gasteiger charge is -2.15. The minimum atomic E-state index is 0.264. The van der Waals surface area contributed by atoms with Crippen LogP contribution in [0.2, 0.25) is 0 Å². The molecule has 4 rings (SSSR count). The average Bonchev–Trinajstić information content (AvgIpc) is 3.24. The molecule has 122 valence electrons. The molecule has 1 N–H and O–H groups in total. The van der Waals surface area contributed by atoms with Crippen molar-refractivity contribution in [3.63, 3.8) is 0 Å². The Labute approximate surface area is 140 Å². The van der Waals surface area contributed by atoms with Crippen molar-refractivity contribution in [1.82, 2.24) is 9.88 Å². The summed E-state index contributed by atoms with van der Waals surface area (Å²) in [5.41, 5.74) is 3.18. The number of hydrogen-bond donors (Lipinski definition) is 1. The molecule has 5 nitrogen and oxygen atoms in total. The molecule has 0 spiro atoms. The summed E-state index contributed by atoms with van der Waals surface area (Å²) < 4.78 is 5.39. The summed E-state index contributed by atoms with van der Waals surface area (Å²) in [6, 6.07) is 12.1. The number of carbonyl (C=O) groups excluding carboxylic acids is 1. The van der Waals surface area contributed by atoms with Crippen molar-refractivity contribution in [2.45, 2.75) is 25.9 Å². The predicted molar refractivity (Wildman–Crippen MR) is 92.4 cm³/mol. The molecule has 5 heteroatoms. The zero-order valence-electron chi connectivity index (χ0n) is 13.4. The third-order valence-electron chi connectivity index (χ3n) is 4.41. The number of aromatic nitrogens is 1. The first-order valence-corrected chi connectivity index (χ1v) is 8.21. The van der Waals surface area contributed by atoms with Gasteiger partial charge in [-0.3, -0.25) is 4.79 Å². The zero-order chi connectivity index (χ0) is 16.4. The second-order valence-corrected chi connectivity index (χ2v) is 6.08. The van der Waals surface area contributed by atoms with Crippen LogP contribution in [0.1, 0.15) is 24.0 Å². The molecule has 3 aromatic rings. The number of carbonyl (C=O) groups is 1. The highest BCUT2D eigenvalue weighted by Crippen LogP contribution is 2.22. The molecule has 0 radical (unpaired) electrons. The fourth-order valence-electron chi connectivity index (χ4n) is 3.08. The van der Waals surface area contributed by atoms with Gasteiger partial charge in [-0.15, -0.1) is 0 Å². The minimum Gasteiger partial charge on any atom is -0.464 e. The fourth-order valence-corrected chi connectivity index (χ4v) is 3.08. The second-order valence-electron chi connectivity index (χ2n) is 6.08.